The summed E-state index contributed by atoms with van der Waals surface area (Å²) in [6.07, 6.45) is 2.15. The Morgan fingerprint density at radius 1 is 0.759 bits per heavy atom. The van der Waals surface area contributed by atoms with Gasteiger partial charge in [-0.2, -0.15) is 0 Å². The molecule has 29 heavy (non-hydrogen) atoms. The van der Waals surface area contributed by atoms with Crippen molar-refractivity contribution in [1.29, 1.82) is 0 Å². The van der Waals surface area contributed by atoms with Crippen LogP contribution in [0.15, 0.2) is 66.0 Å². The maximum Gasteiger partial charge on any atom is 0.119 e. The van der Waals surface area contributed by atoms with E-state index in [9.17, 15) is 0 Å². The zero-order chi connectivity index (χ0) is 19.4. The number of ether oxygens (including phenoxy) is 1. The average Bonchev–Trinajstić information content (AvgIpc) is 3.35. The fraction of sp³-hybridized carbons (Fsp3) is 0.154. The summed E-state index contributed by atoms with van der Waals surface area (Å²) in [5, 5.41) is 4.94. The Morgan fingerprint density at radius 2 is 1.52 bits per heavy atom. The van der Waals surface area contributed by atoms with Gasteiger partial charge in [0.15, 0.2) is 0 Å². The van der Waals surface area contributed by atoms with Crippen LogP contribution in [0.5, 0.6) is 5.75 Å². The van der Waals surface area contributed by atoms with Gasteiger partial charge >= 0.3 is 0 Å². The fourth-order valence-electron chi connectivity index (χ4n) is 4.39. The largest absolute Gasteiger partial charge is 0.494 e. The minimum atomic E-state index is 0.715. The van der Waals surface area contributed by atoms with Gasteiger partial charge in [-0.05, 0) is 76.9 Å². The number of thiophene rings is 2. The Kier molecular flexibility index (Phi) is 4.00. The van der Waals surface area contributed by atoms with E-state index in [-0.39, 0.29) is 0 Å². The van der Waals surface area contributed by atoms with Crippen molar-refractivity contribution in [2.75, 3.05) is 6.61 Å². The maximum absolute atomic E-state index is 5.55. The van der Waals surface area contributed by atoms with Crippen LogP contribution in [0.4, 0.5) is 0 Å². The zero-order valence-corrected chi connectivity index (χ0v) is 17.8. The first kappa shape index (κ1) is 17.3. The molecule has 142 valence electrons. The molecule has 0 radical (unpaired) electrons. The third-order valence-electron chi connectivity index (χ3n) is 5.79. The summed E-state index contributed by atoms with van der Waals surface area (Å²) in [5.74, 6) is 0.955. The molecule has 1 aliphatic carbocycles. The smallest absolute Gasteiger partial charge is 0.119 e. The molecule has 6 rings (SSSR count). The lowest BCUT2D eigenvalue weighted by molar-refractivity contribution is 0.340. The van der Waals surface area contributed by atoms with Crippen LogP contribution >= 0.6 is 22.7 Å². The fourth-order valence-corrected chi connectivity index (χ4v) is 6.57. The second-order valence-electron chi connectivity index (χ2n) is 7.52. The van der Waals surface area contributed by atoms with E-state index in [1.54, 1.807) is 0 Å². The number of rotatable bonds is 5. The van der Waals surface area contributed by atoms with Gasteiger partial charge in [0.2, 0.25) is 0 Å². The van der Waals surface area contributed by atoms with Crippen LogP contribution in [0, 0.1) is 0 Å². The van der Waals surface area contributed by atoms with Crippen molar-refractivity contribution in [2.24, 2.45) is 0 Å². The van der Waals surface area contributed by atoms with Crippen LogP contribution in [0.1, 0.15) is 17.4 Å². The predicted octanol–water partition coefficient (Wildman–Crippen LogP) is 7.95. The van der Waals surface area contributed by atoms with E-state index >= 15 is 0 Å². The molecule has 0 unspecified atom stereocenters. The molecule has 0 N–H and O–H groups in total. The maximum atomic E-state index is 5.55. The standard InChI is InChI=1S/C26H20OS2/c1-2-27-19-8-3-16(4-9-19)5-10-20-15-18-7-12-22-23-21(24(22)26(18)29-20)11-6-17-13-14-28-25(17)23/h3-4,6-9,11-15H,2,5,10H2,1H3. The van der Waals surface area contributed by atoms with Crippen molar-refractivity contribution in [3.8, 4) is 28.0 Å². The molecule has 0 bridgehead atoms. The molecular weight excluding hydrogens is 392 g/mol. The summed E-state index contributed by atoms with van der Waals surface area (Å²) < 4.78 is 8.43. The van der Waals surface area contributed by atoms with Gasteiger partial charge in [0.05, 0.1) is 6.61 Å². The summed E-state index contributed by atoms with van der Waals surface area (Å²) in [5.41, 5.74) is 7.15. The van der Waals surface area contributed by atoms with Gasteiger partial charge in [0.25, 0.3) is 0 Å². The first-order valence-corrected chi connectivity index (χ1v) is 11.8. The topological polar surface area (TPSA) is 9.23 Å². The third-order valence-corrected chi connectivity index (χ3v) is 7.97. The molecule has 0 amide bonds. The zero-order valence-electron chi connectivity index (χ0n) is 16.2. The highest BCUT2D eigenvalue weighted by Gasteiger charge is 2.28. The van der Waals surface area contributed by atoms with Gasteiger partial charge in [-0.25, -0.2) is 0 Å². The number of hydrogen-bond donors (Lipinski definition) is 0. The van der Waals surface area contributed by atoms with Gasteiger partial charge in [0.1, 0.15) is 5.75 Å². The highest BCUT2D eigenvalue weighted by Crippen LogP contribution is 2.55. The highest BCUT2D eigenvalue weighted by molar-refractivity contribution is 7.20. The van der Waals surface area contributed by atoms with Crippen LogP contribution in [0.25, 0.3) is 42.4 Å². The molecule has 0 aliphatic heterocycles. The van der Waals surface area contributed by atoms with Crippen molar-refractivity contribution < 1.29 is 4.74 Å². The van der Waals surface area contributed by atoms with E-state index in [1.165, 1.54) is 52.9 Å². The van der Waals surface area contributed by atoms with Crippen LogP contribution in [0.2, 0.25) is 0 Å². The molecule has 0 spiro atoms. The van der Waals surface area contributed by atoms with E-state index in [1.807, 2.05) is 29.6 Å². The molecule has 2 heterocycles. The van der Waals surface area contributed by atoms with Crippen LogP contribution in [0.3, 0.4) is 0 Å². The van der Waals surface area contributed by atoms with E-state index in [2.05, 4.69) is 66.0 Å². The SMILES string of the molecule is CCOc1ccc(CCc2cc3ccc4c(c3s2)-c2ccc3ccsc3c2-4)cc1. The van der Waals surface area contributed by atoms with Crippen molar-refractivity contribution in [1.82, 2.24) is 0 Å². The normalized spacial score (nSPS) is 12.0. The molecule has 0 saturated heterocycles. The minimum absolute atomic E-state index is 0.715. The number of fused-ring (bicyclic) bond motifs is 8. The molecule has 3 aromatic carbocycles. The Balaban J connectivity index is 1.30. The number of aryl methyl sites for hydroxylation is 2. The van der Waals surface area contributed by atoms with Crippen molar-refractivity contribution in [2.45, 2.75) is 19.8 Å². The lowest BCUT2D eigenvalue weighted by Crippen LogP contribution is -1.98. The van der Waals surface area contributed by atoms with Crippen LogP contribution < -0.4 is 4.74 Å². The second kappa shape index (κ2) is 6.72. The molecular formula is C26H20OS2. The molecule has 5 aromatic rings. The van der Waals surface area contributed by atoms with Gasteiger partial charge in [-0.1, -0.05) is 36.4 Å². The van der Waals surface area contributed by atoms with Crippen LogP contribution in [-0.2, 0) is 12.8 Å². The summed E-state index contributed by atoms with van der Waals surface area (Å²) in [6, 6.07) is 22.3. The number of hydrogen-bond acceptors (Lipinski definition) is 3. The molecule has 0 fully saturated rings. The van der Waals surface area contributed by atoms with E-state index in [0.717, 1.165) is 18.6 Å². The van der Waals surface area contributed by atoms with E-state index < -0.39 is 0 Å². The Bertz CT molecular complexity index is 1360. The highest BCUT2D eigenvalue weighted by atomic mass is 32.1. The van der Waals surface area contributed by atoms with Crippen molar-refractivity contribution >= 4 is 42.8 Å². The second-order valence-corrected chi connectivity index (χ2v) is 9.58. The Morgan fingerprint density at radius 3 is 2.31 bits per heavy atom. The summed E-state index contributed by atoms with van der Waals surface area (Å²) in [4.78, 5) is 1.47. The lowest BCUT2D eigenvalue weighted by atomic mass is 9.79. The molecule has 1 aliphatic rings. The van der Waals surface area contributed by atoms with E-state index in [4.69, 9.17) is 4.74 Å². The van der Waals surface area contributed by atoms with Crippen molar-refractivity contribution in [3.05, 3.63) is 76.5 Å². The summed E-state index contributed by atoms with van der Waals surface area (Å²) in [7, 11) is 0. The van der Waals surface area contributed by atoms with Crippen LogP contribution in [-0.4, -0.2) is 6.61 Å². The molecule has 1 nitrogen and oxygen atoms in total. The van der Waals surface area contributed by atoms with Gasteiger partial charge < -0.3 is 4.74 Å². The first-order valence-electron chi connectivity index (χ1n) is 10.1. The lowest BCUT2D eigenvalue weighted by Gasteiger charge is -2.25. The van der Waals surface area contributed by atoms with Crippen molar-refractivity contribution in [3.63, 3.8) is 0 Å². The summed E-state index contributed by atoms with van der Waals surface area (Å²) in [6.45, 7) is 2.73. The Hall–Kier alpha value is -2.62. The third kappa shape index (κ3) is 2.72. The molecule has 0 atom stereocenters. The quantitative estimate of drug-likeness (QED) is 0.279. The van der Waals surface area contributed by atoms with Gasteiger partial charge in [-0.15, -0.1) is 22.7 Å². The Labute approximate surface area is 178 Å². The average molecular weight is 413 g/mol. The monoisotopic (exact) mass is 412 g/mol. The summed E-state index contributed by atoms with van der Waals surface area (Å²) >= 11 is 3.83. The minimum Gasteiger partial charge on any atom is -0.494 e. The first-order chi connectivity index (χ1) is 14.3. The van der Waals surface area contributed by atoms with E-state index in [0.29, 0.717) is 6.61 Å². The molecule has 3 heteroatoms. The van der Waals surface area contributed by atoms with Gasteiger partial charge in [-0.3, -0.25) is 0 Å². The predicted molar refractivity (Wildman–Crippen MR) is 127 cm³/mol. The molecule has 2 aromatic heterocycles. The van der Waals surface area contributed by atoms with Gasteiger partial charge in [0, 0.05) is 25.4 Å². The number of benzene rings is 3. The molecule has 0 saturated carbocycles.